The first-order chi connectivity index (χ1) is 18.2. The summed E-state index contributed by atoms with van der Waals surface area (Å²) >= 11 is 0. The lowest BCUT2D eigenvalue weighted by Gasteiger charge is -2.41. The van der Waals surface area contributed by atoms with Crippen molar-refractivity contribution < 1.29 is 32.7 Å². The Labute approximate surface area is 226 Å². The molecular formula is C29H36F3N3O4. The Balaban J connectivity index is 1.73. The molecule has 1 saturated carbocycles. The van der Waals surface area contributed by atoms with E-state index in [-0.39, 0.29) is 42.6 Å². The zero-order chi connectivity index (χ0) is 28.8. The Morgan fingerprint density at radius 3 is 2.03 bits per heavy atom. The summed E-state index contributed by atoms with van der Waals surface area (Å²) in [5, 5.41) is 14.0. The van der Waals surface area contributed by atoms with Crippen LogP contribution in [0.4, 0.5) is 23.7 Å². The maximum absolute atomic E-state index is 13.4. The van der Waals surface area contributed by atoms with Crippen molar-refractivity contribution in [1.82, 2.24) is 10.2 Å². The molecule has 3 N–H and O–H groups in total. The predicted molar refractivity (Wildman–Crippen MR) is 142 cm³/mol. The van der Waals surface area contributed by atoms with Gasteiger partial charge in [-0.2, -0.15) is 13.2 Å². The Morgan fingerprint density at radius 2 is 1.51 bits per heavy atom. The van der Waals surface area contributed by atoms with Gasteiger partial charge in [0, 0.05) is 30.4 Å². The van der Waals surface area contributed by atoms with Crippen LogP contribution in [0.2, 0.25) is 0 Å². The van der Waals surface area contributed by atoms with Gasteiger partial charge in [-0.25, -0.2) is 4.79 Å². The minimum Gasteiger partial charge on any atom is -0.481 e. The van der Waals surface area contributed by atoms with Crippen LogP contribution in [0.15, 0.2) is 48.5 Å². The van der Waals surface area contributed by atoms with E-state index < -0.39 is 23.7 Å². The molecule has 3 rings (SSSR count). The van der Waals surface area contributed by atoms with Gasteiger partial charge >= 0.3 is 18.2 Å². The number of nitrogens with one attached hydrogen (secondary N) is 2. The molecule has 1 fully saturated rings. The summed E-state index contributed by atoms with van der Waals surface area (Å²) in [6.45, 7) is 6.93. The Kier molecular flexibility index (Phi) is 9.63. The van der Waals surface area contributed by atoms with Gasteiger partial charge in [0.2, 0.25) is 0 Å². The summed E-state index contributed by atoms with van der Waals surface area (Å²) in [5.41, 5.74) is 0.812. The molecule has 2 aromatic carbocycles. The molecule has 0 atom stereocenters. The third-order valence-electron chi connectivity index (χ3n) is 7.28. The largest absolute Gasteiger partial charge is 0.481 e. The molecule has 1 aliphatic rings. The van der Waals surface area contributed by atoms with Crippen LogP contribution in [0, 0.1) is 11.3 Å². The van der Waals surface area contributed by atoms with Gasteiger partial charge in [-0.3, -0.25) is 9.59 Å². The van der Waals surface area contributed by atoms with E-state index in [1.54, 1.807) is 29.2 Å². The molecular weight excluding hydrogens is 511 g/mol. The number of alkyl halides is 3. The Hall–Kier alpha value is -3.56. The second-order valence-electron chi connectivity index (χ2n) is 11.1. The van der Waals surface area contributed by atoms with Crippen molar-refractivity contribution in [2.75, 3.05) is 11.9 Å². The number of amides is 3. The van der Waals surface area contributed by atoms with Crippen LogP contribution in [0.1, 0.15) is 74.4 Å². The summed E-state index contributed by atoms with van der Waals surface area (Å²) in [6, 6.07) is 10.6. The van der Waals surface area contributed by atoms with Crippen molar-refractivity contribution in [3.63, 3.8) is 0 Å². The van der Waals surface area contributed by atoms with Crippen molar-refractivity contribution in [2.45, 2.75) is 71.6 Å². The number of halogens is 3. The molecule has 212 valence electrons. The molecule has 0 aromatic heterocycles. The van der Waals surface area contributed by atoms with Gasteiger partial charge in [-0.15, -0.1) is 0 Å². The average molecular weight is 548 g/mol. The lowest BCUT2D eigenvalue weighted by molar-refractivity contribution is -0.138. The van der Waals surface area contributed by atoms with Crippen LogP contribution in [0.3, 0.4) is 0 Å². The molecule has 3 amide bonds. The van der Waals surface area contributed by atoms with Gasteiger partial charge in [0.05, 0.1) is 12.0 Å². The molecule has 7 nitrogen and oxygen atoms in total. The van der Waals surface area contributed by atoms with Crippen molar-refractivity contribution in [1.29, 1.82) is 0 Å². The normalized spacial score (nSPS) is 17.8. The maximum atomic E-state index is 13.4. The topological polar surface area (TPSA) is 98.7 Å². The van der Waals surface area contributed by atoms with E-state index in [4.69, 9.17) is 5.11 Å². The highest BCUT2D eigenvalue weighted by Gasteiger charge is 2.34. The van der Waals surface area contributed by atoms with Gasteiger partial charge in [0.25, 0.3) is 5.91 Å². The fourth-order valence-corrected chi connectivity index (χ4v) is 4.90. The number of hydrogen-bond acceptors (Lipinski definition) is 3. The molecule has 10 heteroatoms. The molecule has 2 aromatic rings. The SMILES string of the molecule is CC(C)(C)C1CCC(N(Cc2ccc(C(=O)NCCC(=O)O)cc2)C(=O)Nc2ccc(C(F)(F)F)cc2)CC1. The van der Waals surface area contributed by atoms with Gasteiger partial charge in [0.15, 0.2) is 0 Å². The van der Waals surface area contributed by atoms with Crippen molar-refractivity contribution in [2.24, 2.45) is 11.3 Å². The van der Waals surface area contributed by atoms with Crippen LogP contribution in [0.25, 0.3) is 0 Å². The van der Waals surface area contributed by atoms with E-state index in [1.807, 2.05) is 0 Å². The summed E-state index contributed by atoms with van der Waals surface area (Å²) in [5.74, 6) is -0.857. The zero-order valence-electron chi connectivity index (χ0n) is 22.5. The lowest BCUT2D eigenvalue weighted by atomic mass is 9.71. The summed E-state index contributed by atoms with van der Waals surface area (Å²) in [7, 11) is 0. The molecule has 1 aliphatic carbocycles. The summed E-state index contributed by atoms with van der Waals surface area (Å²) in [6.07, 6.45) is -1.08. The van der Waals surface area contributed by atoms with E-state index >= 15 is 0 Å². The van der Waals surface area contributed by atoms with Crippen LogP contribution in [-0.2, 0) is 17.5 Å². The van der Waals surface area contributed by atoms with Crippen molar-refractivity contribution >= 4 is 23.6 Å². The van der Waals surface area contributed by atoms with Crippen molar-refractivity contribution in [3.8, 4) is 0 Å². The molecule has 0 unspecified atom stereocenters. The predicted octanol–water partition coefficient (Wildman–Crippen LogP) is 6.55. The smallest absolute Gasteiger partial charge is 0.416 e. The number of carboxylic acids is 1. The molecule has 39 heavy (non-hydrogen) atoms. The third kappa shape index (κ3) is 8.73. The number of anilines is 1. The summed E-state index contributed by atoms with van der Waals surface area (Å²) < 4.78 is 38.8. The third-order valence-corrected chi connectivity index (χ3v) is 7.28. The highest BCUT2D eigenvalue weighted by Crippen LogP contribution is 2.39. The second kappa shape index (κ2) is 12.5. The number of urea groups is 1. The first-order valence-electron chi connectivity index (χ1n) is 13.1. The Bertz CT molecular complexity index is 1130. The van der Waals surface area contributed by atoms with E-state index in [2.05, 4.69) is 31.4 Å². The number of carboxylic acid groups (broad SMARTS) is 1. The number of benzene rings is 2. The second-order valence-corrected chi connectivity index (χ2v) is 11.1. The first kappa shape index (κ1) is 30.0. The van der Waals surface area contributed by atoms with Gasteiger partial charge in [-0.05, 0) is 79.0 Å². The minimum absolute atomic E-state index is 0.0189. The van der Waals surface area contributed by atoms with Gasteiger partial charge < -0.3 is 20.6 Å². The van der Waals surface area contributed by atoms with Crippen LogP contribution in [0.5, 0.6) is 0 Å². The van der Waals surface area contributed by atoms with Crippen LogP contribution >= 0.6 is 0 Å². The molecule has 0 saturated heterocycles. The molecule has 0 spiro atoms. The first-order valence-corrected chi connectivity index (χ1v) is 13.1. The number of hydrogen-bond donors (Lipinski definition) is 3. The fraction of sp³-hybridized carbons (Fsp3) is 0.483. The zero-order valence-corrected chi connectivity index (χ0v) is 22.5. The molecule has 0 bridgehead atoms. The van der Waals surface area contributed by atoms with Crippen molar-refractivity contribution in [3.05, 3.63) is 65.2 Å². The highest BCUT2D eigenvalue weighted by molar-refractivity contribution is 5.94. The van der Waals surface area contributed by atoms with E-state index in [0.717, 1.165) is 43.4 Å². The monoisotopic (exact) mass is 547 g/mol. The number of carbonyl (C=O) groups excluding carboxylic acids is 2. The lowest BCUT2D eigenvalue weighted by Crippen LogP contribution is -2.45. The fourth-order valence-electron chi connectivity index (χ4n) is 4.90. The van der Waals surface area contributed by atoms with E-state index in [9.17, 15) is 27.6 Å². The van der Waals surface area contributed by atoms with Crippen LogP contribution < -0.4 is 10.6 Å². The minimum atomic E-state index is -4.46. The molecule has 0 heterocycles. The number of carbonyl (C=O) groups is 3. The number of aliphatic carboxylic acids is 1. The van der Waals surface area contributed by atoms with E-state index in [1.165, 1.54) is 12.1 Å². The quantitative estimate of drug-likeness (QED) is 0.349. The standard InChI is InChI=1S/C29H36F3N3O4/c1-28(2,3)21-10-14-24(15-11-21)35(27(39)34-23-12-8-22(9-13-23)29(30,31)32)18-19-4-6-20(7-5-19)26(38)33-17-16-25(36)37/h4-9,12-13,21,24H,10-11,14-18H2,1-3H3,(H,33,38)(H,34,39)(H,36,37). The molecule has 0 radical (unpaired) electrons. The average Bonchev–Trinajstić information content (AvgIpc) is 2.86. The van der Waals surface area contributed by atoms with Crippen LogP contribution in [-0.4, -0.2) is 40.5 Å². The maximum Gasteiger partial charge on any atom is 0.416 e. The number of rotatable bonds is 8. The number of nitrogens with zero attached hydrogens (tertiary/aromatic N) is 1. The molecule has 0 aliphatic heterocycles. The van der Waals surface area contributed by atoms with Gasteiger partial charge in [0.1, 0.15) is 0 Å². The van der Waals surface area contributed by atoms with E-state index in [0.29, 0.717) is 11.5 Å². The summed E-state index contributed by atoms with van der Waals surface area (Å²) in [4.78, 5) is 38.0. The van der Waals surface area contributed by atoms with Gasteiger partial charge in [-0.1, -0.05) is 32.9 Å². The Morgan fingerprint density at radius 1 is 0.923 bits per heavy atom. The highest BCUT2D eigenvalue weighted by atomic mass is 19.4.